The van der Waals surface area contributed by atoms with Crippen LogP contribution in [0.25, 0.3) is 0 Å². The number of hydrogen-bond acceptors (Lipinski definition) is 3. The van der Waals surface area contributed by atoms with Gasteiger partial charge in [0, 0.05) is 25.2 Å². The fourth-order valence-corrected chi connectivity index (χ4v) is 3.09. The van der Waals surface area contributed by atoms with Crippen LogP contribution in [0.1, 0.15) is 33.1 Å². The molecule has 0 saturated carbocycles. The Labute approximate surface area is 149 Å². The van der Waals surface area contributed by atoms with E-state index in [1.54, 1.807) is 0 Å². The van der Waals surface area contributed by atoms with E-state index in [2.05, 4.69) is 29.3 Å². The van der Waals surface area contributed by atoms with Gasteiger partial charge in [-0.2, -0.15) is 0 Å². The van der Waals surface area contributed by atoms with Crippen LogP contribution < -0.4 is 5.32 Å². The predicted molar refractivity (Wildman–Crippen MR) is 99.8 cm³/mol. The number of ether oxygens (including phenoxy) is 1. The van der Waals surface area contributed by atoms with Gasteiger partial charge in [-0.1, -0.05) is 36.4 Å². The standard InChI is InChI=1S/C21H26N2O2/c1-16-8-9-19(14-17(16)2)21(24)22-20(18-6-4-3-5-7-18)15-23-10-12-25-13-11-23/h3-9,14,20H,10-13,15H2,1-2H3,(H,22,24)/t20-/m1/s1. The van der Waals surface area contributed by atoms with Crippen molar-refractivity contribution in [1.29, 1.82) is 0 Å². The lowest BCUT2D eigenvalue weighted by atomic mass is 10.0. The Balaban J connectivity index is 1.76. The zero-order valence-corrected chi connectivity index (χ0v) is 15.0. The monoisotopic (exact) mass is 338 g/mol. The largest absolute Gasteiger partial charge is 0.379 e. The molecule has 2 aromatic rings. The van der Waals surface area contributed by atoms with Gasteiger partial charge in [0.05, 0.1) is 19.3 Å². The van der Waals surface area contributed by atoms with Crippen molar-refractivity contribution in [2.24, 2.45) is 0 Å². The molecule has 3 rings (SSSR count). The fourth-order valence-electron chi connectivity index (χ4n) is 3.09. The maximum atomic E-state index is 12.8. The number of carbonyl (C=O) groups excluding carboxylic acids is 1. The average Bonchev–Trinajstić information content (AvgIpc) is 2.65. The highest BCUT2D eigenvalue weighted by atomic mass is 16.5. The Bertz CT molecular complexity index is 709. The van der Waals surface area contributed by atoms with E-state index >= 15 is 0 Å². The van der Waals surface area contributed by atoms with E-state index in [9.17, 15) is 4.79 Å². The first-order chi connectivity index (χ1) is 12.1. The molecule has 1 heterocycles. The summed E-state index contributed by atoms with van der Waals surface area (Å²) in [6.07, 6.45) is 0. The number of benzene rings is 2. The third-order valence-electron chi connectivity index (χ3n) is 4.82. The van der Waals surface area contributed by atoms with Crippen LogP contribution in [-0.4, -0.2) is 43.7 Å². The molecular weight excluding hydrogens is 312 g/mol. The van der Waals surface area contributed by atoms with E-state index in [-0.39, 0.29) is 11.9 Å². The first kappa shape index (κ1) is 17.6. The van der Waals surface area contributed by atoms with Crippen molar-refractivity contribution in [3.63, 3.8) is 0 Å². The minimum atomic E-state index is -0.0339. The predicted octanol–water partition coefficient (Wildman–Crippen LogP) is 3.11. The molecule has 1 aliphatic heterocycles. The first-order valence-electron chi connectivity index (χ1n) is 8.86. The Hall–Kier alpha value is -2.17. The quantitative estimate of drug-likeness (QED) is 0.911. The van der Waals surface area contributed by atoms with Gasteiger partial charge in [0.15, 0.2) is 0 Å². The van der Waals surface area contributed by atoms with E-state index in [1.807, 2.05) is 43.3 Å². The van der Waals surface area contributed by atoms with Crippen LogP contribution in [0.4, 0.5) is 0 Å². The molecule has 1 saturated heterocycles. The summed E-state index contributed by atoms with van der Waals surface area (Å²) >= 11 is 0. The second-order valence-corrected chi connectivity index (χ2v) is 6.65. The third kappa shape index (κ3) is 4.68. The van der Waals surface area contributed by atoms with Crippen molar-refractivity contribution in [3.8, 4) is 0 Å². The lowest BCUT2D eigenvalue weighted by molar-refractivity contribution is 0.0332. The molecule has 1 atom stereocenters. The van der Waals surface area contributed by atoms with Crippen LogP contribution in [0, 0.1) is 13.8 Å². The number of rotatable bonds is 5. The minimum Gasteiger partial charge on any atom is -0.379 e. The highest BCUT2D eigenvalue weighted by Gasteiger charge is 2.20. The molecule has 0 radical (unpaired) electrons. The molecule has 1 N–H and O–H groups in total. The summed E-state index contributed by atoms with van der Waals surface area (Å²) in [5, 5.41) is 3.22. The maximum Gasteiger partial charge on any atom is 0.251 e. The average molecular weight is 338 g/mol. The van der Waals surface area contributed by atoms with Gasteiger partial charge < -0.3 is 10.1 Å². The van der Waals surface area contributed by atoms with Gasteiger partial charge in [0.1, 0.15) is 0 Å². The molecule has 2 aromatic carbocycles. The Morgan fingerprint density at radius 1 is 1.08 bits per heavy atom. The number of amides is 1. The summed E-state index contributed by atoms with van der Waals surface area (Å²) in [5.74, 6) is -0.0230. The highest BCUT2D eigenvalue weighted by molar-refractivity contribution is 5.94. The molecule has 4 nitrogen and oxygen atoms in total. The first-order valence-corrected chi connectivity index (χ1v) is 8.86. The molecule has 0 aromatic heterocycles. The molecule has 25 heavy (non-hydrogen) atoms. The molecule has 1 aliphatic rings. The van der Waals surface area contributed by atoms with Gasteiger partial charge in [-0.05, 0) is 42.7 Å². The lowest BCUT2D eigenvalue weighted by Crippen LogP contribution is -2.43. The SMILES string of the molecule is Cc1ccc(C(=O)N[C@H](CN2CCOCC2)c2ccccc2)cc1C. The van der Waals surface area contributed by atoms with Crippen LogP contribution in [0.2, 0.25) is 0 Å². The maximum absolute atomic E-state index is 12.8. The van der Waals surface area contributed by atoms with Crippen LogP contribution in [0.15, 0.2) is 48.5 Å². The van der Waals surface area contributed by atoms with E-state index in [0.29, 0.717) is 5.56 Å². The normalized spacial score (nSPS) is 16.4. The van der Waals surface area contributed by atoms with Crippen molar-refractivity contribution >= 4 is 5.91 Å². The zero-order chi connectivity index (χ0) is 17.6. The van der Waals surface area contributed by atoms with Gasteiger partial charge in [-0.25, -0.2) is 0 Å². The number of nitrogens with one attached hydrogen (secondary N) is 1. The molecule has 1 fully saturated rings. The lowest BCUT2D eigenvalue weighted by Gasteiger charge is -2.31. The van der Waals surface area contributed by atoms with Gasteiger partial charge in [0.25, 0.3) is 5.91 Å². The second kappa shape index (κ2) is 8.28. The molecule has 0 aliphatic carbocycles. The number of nitrogens with zero attached hydrogens (tertiary/aromatic N) is 1. The van der Waals surface area contributed by atoms with Crippen molar-refractivity contribution in [3.05, 3.63) is 70.8 Å². The Morgan fingerprint density at radius 2 is 1.80 bits per heavy atom. The molecule has 0 spiro atoms. The number of hydrogen-bond donors (Lipinski definition) is 1. The van der Waals surface area contributed by atoms with Crippen molar-refractivity contribution in [2.75, 3.05) is 32.8 Å². The second-order valence-electron chi connectivity index (χ2n) is 6.65. The molecule has 1 amide bonds. The van der Waals surface area contributed by atoms with Gasteiger partial charge in [-0.3, -0.25) is 9.69 Å². The zero-order valence-electron chi connectivity index (χ0n) is 15.0. The van der Waals surface area contributed by atoms with Gasteiger partial charge in [-0.15, -0.1) is 0 Å². The minimum absolute atomic E-state index is 0.0230. The molecule has 132 valence electrons. The summed E-state index contributed by atoms with van der Waals surface area (Å²) in [5.41, 5.74) is 4.18. The van der Waals surface area contributed by atoms with Crippen LogP contribution in [0.5, 0.6) is 0 Å². The fraction of sp³-hybridized carbons (Fsp3) is 0.381. The Kier molecular flexibility index (Phi) is 5.84. The van der Waals surface area contributed by atoms with Gasteiger partial charge >= 0.3 is 0 Å². The van der Waals surface area contributed by atoms with Crippen LogP contribution in [-0.2, 0) is 4.74 Å². The molecule has 0 unspecified atom stereocenters. The van der Waals surface area contributed by atoms with Crippen LogP contribution in [0.3, 0.4) is 0 Å². The van der Waals surface area contributed by atoms with E-state index in [1.165, 1.54) is 5.56 Å². The number of aryl methyl sites for hydroxylation is 2. The topological polar surface area (TPSA) is 41.6 Å². The number of carbonyl (C=O) groups is 1. The summed E-state index contributed by atoms with van der Waals surface area (Å²) < 4.78 is 5.43. The van der Waals surface area contributed by atoms with E-state index in [0.717, 1.165) is 44.0 Å². The summed E-state index contributed by atoms with van der Waals surface area (Å²) in [6.45, 7) is 8.21. The van der Waals surface area contributed by atoms with E-state index < -0.39 is 0 Å². The van der Waals surface area contributed by atoms with E-state index in [4.69, 9.17) is 4.74 Å². The summed E-state index contributed by atoms with van der Waals surface area (Å²) in [7, 11) is 0. The smallest absolute Gasteiger partial charge is 0.251 e. The third-order valence-corrected chi connectivity index (χ3v) is 4.82. The van der Waals surface area contributed by atoms with Crippen molar-refractivity contribution in [2.45, 2.75) is 19.9 Å². The van der Waals surface area contributed by atoms with Crippen LogP contribution >= 0.6 is 0 Å². The number of morpholine rings is 1. The summed E-state index contributed by atoms with van der Waals surface area (Å²) in [4.78, 5) is 15.1. The van der Waals surface area contributed by atoms with Crippen molar-refractivity contribution < 1.29 is 9.53 Å². The molecule has 4 heteroatoms. The molecular formula is C21H26N2O2. The van der Waals surface area contributed by atoms with Crippen molar-refractivity contribution in [1.82, 2.24) is 10.2 Å². The Morgan fingerprint density at radius 3 is 2.48 bits per heavy atom. The summed E-state index contributed by atoms with van der Waals surface area (Å²) in [6, 6.07) is 16.0. The molecule has 0 bridgehead atoms. The van der Waals surface area contributed by atoms with Gasteiger partial charge in [0.2, 0.25) is 0 Å². The highest BCUT2D eigenvalue weighted by Crippen LogP contribution is 2.17.